The Hall–Kier alpha value is -0.930. The van der Waals surface area contributed by atoms with Gasteiger partial charge in [-0.05, 0) is 12.0 Å². The second kappa shape index (κ2) is 4.93. The first-order chi connectivity index (χ1) is 7.02. The van der Waals surface area contributed by atoms with Crippen LogP contribution in [0.4, 0.5) is 0 Å². The number of hydrogen-bond donors (Lipinski definition) is 2. The molecule has 0 aliphatic heterocycles. The average Bonchev–Trinajstić information content (AvgIpc) is 1.97. The minimum absolute atomic E-state index is 0.679. The lowest BCUT2D eigenvalue weighted by molar-refractivity contribution is -0.114. The zero-order chi connectivity index (χ0) is 13.1. The summed E-state index contributed by atoms with van der Waals surface area (Å²) < 4.78 is 52.9. The molecule has 0 saturated heterocycles. The maximum Gasteiger partial charge on any atom is 0.284 e. The number of rotatable bonds is 5. The normalized spacial score (nSPS) is 14.5. The Balaban J connectivity index is 5.41. The minimum Gasteiger partial charge on any atom is -0.284 e. The summed E-state index contributed by atoms with van der Waals surface area (Å²) in [5.41, 5.74) is 0. The average molecular weight is 271 g/mol. The molecule has 0 heterocycles. The summed E-state index contributed by atoms with van der Waals surface area (Å²) in [4.78, 5) is 10.8. The number of sulfonamides is 1. The highest BCUT2D eigenvalue weighted by Crippen LogP contribution is 2.16. The third-order valence-corrected chi connectivity index (χ3v) is 5.83. The molecular formula is C7H13NO6S2. The van der Waals surface area contributed by atoms with Crippen molar-refractivity contribution in [3.8, 4) is 0 Å². The Kier molecular flexibility index (Phi) is 4.65. The van der Waals surface area contributed by atoms with E-state index >= 15 is 0 Å². The van der Waals surface area contributed by atoms with Gasteiger partial charge in [-0.25, -0.2) is 13.1 Å². The van der Waals surface area contributed by atoms with E-state index in [0.29, 0.717) is 6.08 Å². The van der Waals surface area contributed by atoms with Crippen LogP contribution in [0, 0.1) is 5.92 Å². The predicted molar refractivity (Wildman–Crippen MR) is 57.4 cm³/mol. The lowest BCUT2D eigenvalue weighted by Crippen LogP contribution is -2.44. The second-order valence-corrected chi connectivity index (χ2v) is 6.98. The summed E-state index contributed by atoms with van der Waals surface area (Å²) in [5.74, 6) is -1.97. The van der Waals surface area contributed by atoms with E-state index < -0.39 is 36.5 Å². The first-order valence-electron chi connectivity index (χ1n) is 4.16. The summed E-state index contributed by atoms with van der Waals surface area (Å²) in [6, 6.07) is 0. The van der Waals surface area contributed by atoms with Crippen LogP contribution in [0.1, 0.15) is 13.8 Å². The van der Waals surface area contributed by atoms with Crippen LogP contribution in [0.25, 0.3) is 0 Å². The first kappa shape index (κ1) is 15.1. The molecule has 1 amide bonds. The van der Waals surface area contributed by atoms with E-state index in [9.17, 15) is 21.6 Å². The van der Waals surface area contributed by atoms with Crippen molar-refractivity contribution in [3.05, 3.63) is 12.7 Å². The molecule has 0 fully saturated rings. The van der Waals surface area contributed by atoms with Crippen LogP contribution in [0.2, 0.25) is 0 Å². The Morgan fingerprint density at radius 3 is 2.00 bits per heavy atom. The molecule has 94 valence electrons. The molecule has 1 atom stereocenters. The summed E-state index contributed by atoms with van der Waals surface area (Å²) in [7, 11) is -9.31. The summed E-state index contributed by atoms with van der Waals surface area (Å²) in [5, 5.41) is 0. The Morgan fingerprint density at radius 1 is 1.31 bits per heavy atom. The Labute approximate surface area is 94.3 Å². The highest BCUT2D eigenvalue weighted by Gasteiger charge is 2.40. The molecule has 9 heteroatoms. The number of nitrogens with one attached hydrogen (secondary N) is 1. The third-order valence-electron chi connectivity index (χ3n) is 1.57. The van der Waals surface area contributed by atoms with Gasteiger partial charge in [-0.3, -0.25) is 9.35 Å². The molecule has 1 unspecified atom stereocenters. The van der Waals surface area contributed by atoms with Crippen molar-refractivity contribution in [2.45, 2.75) is 18.4 Å². The maximum absolute atomic E-state index is 11.5. The number of amides is 1. The fourth-order valence-electron chi connectivity index (χ4n) is 1.10. The van der Waals surface area contributed by atoms with Crippen molar-refractivity contribution in [1.82, 2.24) is 4.72 Å². The molecule has 2 N–H and O–H groups in total. The molecule has 0 aromatic rings. The van der Waals surface area contributed by atoms with Crippen molar-refractivity contribution >= 4 is 26.0 Å². The van der Waals surface area contributed by atoms with Crippen molar-refractivity contribution < 1.29 is 26.2 Å². The quantitative estimate of drug-likeness (QED) is 0.513. The van der Waals surface area contributed by atoms with E-state index in [1.807, 2.05) is 0 Å². The molecule has 0 radical (unpaired) electrons. The minimum atomic E-state index is -4.81. The van der Waals surface area contributed by atoms with Crippen LogP contribution in [0.5, 0.6) is 0 Å². The van der Waals surface area contributed by atoms with Crippen molar-refractivity contribution in [1.29, 1.82) is 0 Å². The van der Waals surface area contributed by atoms with Gasteiger partial charge in [-0.1, -0.05) is 20.4 Å². The van der Waals surface area contributed by atoms with Gasteiger partial charge in [-0.2, -0.15) is 8.42 Å². The smallest absolute Gasteiger partial charge is 0.284 e. The second-order valence-electron chi connectivity index (χ2n) is 3.34. The highest BCUT2D eigenvalue weighted by atomic mass is 32.3. The van der Waals surface area contributed by atoms with Crippen LogP contribution in [-0.4, -0.2) is 31.9 Å². The predicted octanol–water partition coefficient (Wildman–Crippen LogP) is -0.512. The lowest BCUT2D eigenvalue weighted by atomic mass is 10.3. The van der Waals surface area contributed by atoms with Gasteiger partial charge in [-0.15, -0.1) is 0 Å². The fraction of sp³-hybridized carbons (Fsp3) is 0.571. The van der Waals surface area contributed by atoms with Crippen LogP contribution in [-0.2, 0) is 24.9 Å². The maximum atomic E-state index is 11.5. The molecule has 0 bridgehead atoms. The standard InChI is InChI=1S/C7H13NO6S2/c1-4-6(9)8-15(10,11)7(5(2)3)16(12,13)14/h4-5,7H,1H2,2-3H3,(H,8,9)(H,12,13,14). The van der Waals surface area contributed by atoms with E-state index in [1.54, 1.807) is 0 Å². The first-order valence-corrected chi connectivity index (χ1v) is 7.21. The van der Waals surface area contributed by atoms with Crippen molar-refractivity contribution in [3.63, 3.8) is 0 Å². The summed E-state index contributed by atoms with van der Waals surface area (Å²) in [6.07, 6.45) is 0.679. The number of hydrogen-bond acceptors (Lipinski definition) is 5. The Bertz CT molecular complexity index is 475. The summed E-state index contributed by atoms with van der Waals surface area (Å²) in [6.45, 7) is 5.60. The van der Waals surface area contributed by atoms with Crippen LogP contribution < -0.4 is 4.72 Å². The molecule has 0 rings (SSSR count). The van der Waals surface area contributed by atoms with Crippen LogP contribution in [0.3, 0.4) is 0 Å². The monoisotopic (exact) mass is 271 g/mol. The van der Waals surface area contributed by atoms with E-state index in [-0.39, 0.29) is 0 Å². The van der Waals surface area contributed by atoms with Gasteiger partial charge in [0.2, 0.25) is 4.58 Å². The molecule has 7 nitrogen and oxygen atoms in total. The molecule has 0 aromatic heterocycles. The zero-order valence-corrected chi connectivity index (χ0v) is 10.4. The third kappa shape index (κ3) is 3.91. The number of carbonyl (C=O) groups excluding carboxylic acids is 1. The largest absolute Gasteiger partial charge is 0.284 e. The van der Waals surface area contributed by atoms with Gasteiger partial charge in [0.1, 0.15) is 0 Å². The Morgan fingerprint density at radius 2 is 1.75 bits per heavy atom. The lowest BCUT2D eigenvalue weighted by Gasteiger charge is -2.17. The van der Waals surface area contributed by atoms with E-state index in [1.165, 1.54) is 18.6 Å². The fourth-order valence-corrected chi connectivity index (χ4v) is 4.41. The molecule has 0 saturated carbocycles. The molecule has 16 heavy (non-hydrogen) atoms. The van der Waals surface area contributed by atoms with Gasteiger partial charge < -0.3 is 0 Å². The topological polar surface area (TPSA) is 118 Å². The molecule has 0 aliphatic carbocycles. The molecule has 0 spiro atoms. The van der Waals surface area contributed by atoms with Gasteiger partial charge >= 0.3 is 0 Å². The molecular weight excluding hydrogens is 258 g/mol. The van der Waals surface area contributed by atoms with Gasteiger partial charge in [0.15, 0.2) is 0 Å². The SMILES string of the molecule is C=CC(=O)NS(=O)(=O)C(C(C)C)S(=O)(=O)O. The van der Waals surface area contributed by atoms with Gasteiger partial charge in [0, 0.05) is 0 Å². The zero-order valence-electron chi connectivity index (χ0n) is 8.74. The van der Waals surface area contributed by atoms with Crippen molar-refractivity contribution in [2.24, 2.45) is 5.92 Å². The van der Waals surface area contributed by atoms with E-state index in [4.69, 9.17) is 4.55 Å². The molecule has 0 aromatic carbocycles. The van der Waals surface area contributed by atoms with E-state index in [0.717, 1.165) is 0 Å². The number of carbonyl (C=O) groups is 1. The van der Waals surface area contributed by atoms with Gasteiger partial charge in [0.25, 0.3) is 26.0 Å². The summed E-state index contributed by atoms with van der Waals surface area (Å²) >= 11 is 0. The van der Waals surface area contributed by atoms with Crippen LogP contribution >= 0.6 is 0 Å². The highest BCUT2D eigenvalue weighted by molar-refractivity contribution is 8.06. The van der Waals surface area contributed by atoms with Crippen molar-refractivity contribution in [2.75, 3.05) is 0 Å². The molecule has 0 aliphatic rings. The van der Waals surface area contributed by atoms with Crippen LogP contribution in [0.15, 0.2) is 12.7 Å². The van der Waals surface area contributed by atoms with Gasteiger partial charge in [0.05, 0.1) is 0 Å². The van der Waals surface area contributed by atoms with E-state index in [2.05, 4.69) is 6.58 Å².